The molecule has 1 heterocycles. The van der Waals surface area contributed by atoms with Crippen molar-refractivity contribution in [3.63, 3.8) is 0 Å². The normalized spacial score (nSPS) is 15.6. The predicted molar refractivity (Wildman–Crippen MR) is 96.5 cm³/mol. The highest BCUT2D eigenvalue weighted by molar-refractivity contribution is 7.80. The van der Waals surface area contributed by atoms with E-state index in [4.69, 9.17) is 18.0 Å². The molecule has 1 saturated heterocycles. The van der Waals surface area contributed by atoms with Gasteiger partial charge in [-0.05, 0) is 23.7 Å². The lowest BCUT2D eigenvalue weighted by Crippen LogP contribution is -3.15. The third kappa shape index (κ3) is 3.78. The number of anilines is 1. The van der Waals surface area contributed by atoms with Gasteiger partial charge < -0.3 is 20.9 Å². The number of fused-ring (bicyclic) bond motifs is 1. The number of benzene rings is 2. The van der Waals surface area contributed by atoms with Gasteiger partial charge in [-0.1, -0.05) is 36.4 Å². The van der Waals surface area contributed by atoms with Crippen molar-refractivity contribution in [2.75, 3.05) is 38.0 Å². The largest absolute Gasteiger partial charge is 0.365 e. The number of piperazine rings is 1. The van der Waals surface area contributed by atoms with Gasteiger partial charge >= 0.3 is 0 Å². The Balaban J connectivity index is 1.64. The summed E-state index contributed by atoms with van der Waals surface area (Å²) < 4.78 is 0. The van der Waals surface area contributed by atoms with Crippen molar-refractivity contribution in [3.8, 4) is 0 Å². The highest BCUT2D eigenvalue weighted by atomic mass is 32.1. The highest BCUT2D eigenvalue weighted by Crippen LogP contribution is 2.23. The molecule has 6 heteroatoms. The number of thiocarbonyl (C=S) groups is 1. The lowest BCUT2D eigenvalue weighted by Gasteiger charge is -2.33. The average molecular weight is 329 g/mol. The summed E-state index contributed by atoms with van der Waals surface area (Å²) in [6, 6.07) is 14.4. The standard InChI is InChI=1S/C17H20N4OS/c18-16(22)12-20-8-10-21(11-9-20)17(23)19-15-7-3-5-13-4-1-2-6-14(13)15/h1-7H,8-12H2,(H2,18,22)(H,19,23)/p+1. The van der Waals surface area contributed by atoms with Crippen LogP contribution in [0.2, 0.25) is 0 Å². The van der Waals surface area contributed by atoms with Crippen molar-refractivity contribution >= 4 is 39.7 Å². The number of carbonyl (C=O) groups excluding carboxylic acids is 1. The zero-order valence-corrected chi connectivity index (χ0v) is 13.7. The van der Waals surface area contributed by atoms with E-state index in [0.717, 1.165) is 42.4 Å². The first-order valence-electron chi connectivity index (χ1n) is 7.79. The Morgan fingerprint density at radius 3 is 2.61 bits per heavy atom. The molecule has 0 aliphatic carbocycles. The topological polar surface area (TPSA) is 62.8 Å². The molecule has 2 aromatic rings. The van der Waals surface area contributed by atoms with Crippen molar-refractivity contribution in [3.05, 3.63) is 42.5 Å². The maximum Gasteiger partial charge on any atom is 0.272 e. The van der Waals surface area contributed by atoms with Crippen LogP contribution in [0.25, 0.3) is 10.8 Å². The molecule has 4 N–H and O–H groups in total. The molecule has 2 aromatic carbocycles. The van der Waals surface area contributed by atoms with Gasteiger partial charge in [-0.2, -0.15) is 0 Å². The molecule has 0 bridgehead atoms. The molecule has 0 aromatic heterocycles. The van der Waals surface area contributed by atoms with E-state index in [9.17, 15) is 4.79 Å². The zero-order valence-electron chi connectivity index (χ0n) is 12.9. The van der Waals surface area contributed by atoms with Crippen LogP contribution >= 0.6 is 12.2 Å². The number of nitrogens with zero attached hydrogens (tertiary/aromatic N) is 1. The molecular formula is C17H21N4OS+. The van der Waals surface area contributed by atoms with Gasteiger partial charge in [0.25, 0.3) is 5.91 Å². The lowest BCUT2D eigenvalue weighted by molar-refractivity contribution is -0.895. The Bertz CT molecular complexity index is 720. The summed E-state index contributed by atoms with van der Waals surface area (Å²) in [4.78, 5) is 14.4. The summed E-state index contributed by atoms with van der Waals surface area (Å²) in [5, 5.41) is 6.46. The molecule has 3 rings (SSSR count). The summed E-state index contributed by atoms with van der Waals surface area (Å²) >= 11 is 5.56. The van der Waals surface area contributed by atoms with Crippen LogP contribution in [0.4, 0.5) is 5.69 Å². The van der Waals surface area contributed by atoms with Gasteiger partial charge in [0.1, 0.15) is 0 Å². The monoisotopic (exact) mass is 329 g/mol. The Morgan fingerprint density at radius 2 is 1.87 bits per heavy atom. The molecule has 1 amide bonds. The second kappa shape index (κ2) is 6.93. The first-order valence-corrected chi connectivity index (χ1v) is 8.20. The van der Waals surface area contributed by atoms with E-state index < -0.39 is 0 Å². The lowest BCUT2D eigenvalue weighted by atomic mass is 10.1. The molecule has 120 valence electrons. The van der Waals surface area contributed by atoms with E-state index in [0.29, 0.717) is 6.54 Å². The second-order valence-electron chi connectivity index (χ2n) is 5.84. The Labute approximate surface area is 141 Å². The SMILES string of the molecule is NC(=O)C[NH+]1CCN(C(=S)Nc2cccc3ccccc23)CC1. The van der Waals surface area contributed by atoms with Crippen LogP contribution in [0, 0.1) is 0 Å². The smallest absolute Gasteiger partial charge is 0.272 e. The van der Waals surface area contributed by atoms with Crippen LogP contribution in [0.1, 0.15) is 0 Å². The van der Waals surface area contributed by atoms with Gasteiger partial charge in [0.05, 0.1) is 26.2 Å². The molecule has 1 aliphatic rings. The summed E-state index contributed by atoms with van der Waals surface area (Å²) in [6.45, 7) is 3.82. The summed E-state index contributed by atoms with van der Waals surface area (Å²) in [5.74, 6) is -0.245. The van der Waals surface area contributed by atoms with Gasteiger partial charge in [-0.3, -0.25) is 4.79 Å². The minimum Gasteiger partial charge on any atom is -0.365 e. The van der Waals surface area contributed by atoms with Crippen LogP contribution in [-0.4, -0.2) is 48.6 Å². The summed E-state index contributed by atoms with van der Waals surface area (Å²) in [7, 11) is 0. The van der Waals surface area contributed by atoms with Crippen molar-refractivity contribution in [1.29, 1.82) is 0 Å². The molecule has 1 aliphatic heterocycles. The van der Waals surface area contributed by atoms with E-state index in [1.165, 1.54) is 10.3 Å². The number of carbonyl (C=O) groups is 1. The fraction of sp³-hybridized carbons (Fsp3) is 0.294. The number of nitrogens with one attached hydrogen (secondary N) is 2. The first kappa shape index (κ1) is 15.7. The Hall–Kier alpha value is -2.18. The molecule has 5 nitrogen and oxygen atoms in total. The van der Waals surface area contributed by atoms with Crippen molar-refractivity contribution < 1.29 is 9.69 Å². The Kier molecular flexibility index (Phi) is 4.73. The van der Waals surface area contributed by atoms with Gasteiger partial charge in [0, 0.05) is 11.1 Å². The van der Waals surface area contributed by atoms with Gasteiger partial charge in [-0.15, -0.1) is 0 Å². The summed E-state index contributed by atoms with van der Waals surface area (Å²) in [6.07, 6.45) is 0. The fourth-order valence-corrected chi connectivity index (χ4v) is 3.27. The van der Waals surface area contributed by atoms with Crippen LogP contribution in [0.15, 0.2) is 42.5 Å². The maximum absolute atomic E-state index is 11.0. The number of primary amides is 1. The van der Waals surface area contributed by atoms with Crippen LogP contribution in [0.5, 0.6) is 0 Å². The van der Waals surface area contributed by atoms with Crippen molar-refractivity contribution in [2.24, 2.45) is 5.73 Å². The first-order chi connectivity index (χ1) is 11.1. The molecular weight excluding hydrogens is 308 g/mol. The van der Waals surface area contributed by atoms with E-state index in [2.05, 4.69) is 28.4 Å². The number of hydrogen-bond donors (Lipinski definition) is 3. The van der Waals surface area contributed by atoms with Gasteiger partial charge in [-0.25, -0.2) is 0 Å². The average Bonchev–Trinajstić information content (AvgIpc) is 2.55. The van der Waals surface area contributed by atoms with Crippen LogP contribution in [0.3, 0.4) is 0 Å². The number of rotatable bonds is 3. The number of nitrogens with two attached hydrogens (primary N) is 1. The Morgan fingerprint density at radius 1 is 1.17 bits per heavy atom. The number of quaternary nitrogens is 1. The van der Waals surface area contributed by atoms with Crippen LogP contribution in [-0.2, 0) is 4.79 Å². The molecule has 0 spiro atoms. The van der Waals surface area contributed by atoms with Gasteiger partial charge in [0.15, 0.2) is 11.7 Å². The van der Waals surface area contributed by atoms with E-state index in [-0.39, 0.29) is 5.91 Å². The molecule has 0 unspecified atom stereocenters. The minimum atomic E-state index is -0.245. The summed E-state index contributed by atoms with van der Waals surface area (Å²) in [5.41, 5.74) is 6.29. The number of hydrogen-bond acceptors (Lipinski definition) is 2. The van der Waals surface area contributed by atoms with Gasteiger partial charge in [0.2, 0.25) is 0 Å². The van der Waals surface area contributed by atoms with E-state index in [1.807, 2.05) is 24.3 Å². The molecule has 23 heavy (non-hydrogen) atoms. The molecule has 0 radical (unpaired) electrons. The molecule has 1 fully saturated rings. The van der Waals surface area contributed by atoms with Crippen LogP contribution < -0.4 is 16.0 Å². The molecule has 0 saturated carbocycles. The molecule has 0 atom stereocenters. The third-order valence-corrected chi connectivity index (χ3v) is 4.57. The van der Waals surface area contributed by atoms with E-state index in [1.54, 1.807) is 0 Å². The predicted octanol–water partition coefficient (Wildman–Crippen LogP) is 0.222. The quantitative estimate of drug-likeness (QED) is 0.705. The van der Waals surface area contributed by atoms with Crippen molar-refractivity contribution in [1.82, 2.24) is 4.90 Å². The highest BCUT2D eigenvalue weighted by Gasteiger charge is 2.22. The third-order valence-electron chi connectivity index (χ3n) is 4.21. The minimum absolute atomic E-state index is 0.245. The second-order valence-corrected chi connectivity index (χ2v) is 6.22. The zero-order chi connectivity index (χ0) is 16.2. The van der Waals surface area contributed by atoms with Crippen molar-refractivity contribution in [2.45, 2.75) is 0 Å². The number of amides is 1. The maximum atomic E-state index is 11.0. The fourth-order valence-electron chi connectivity index (χ4n) is 2.98. The van der Waals surface area contributed by atoms with E-state index >= 15 is 0 Å².